The van der Waals surface area contributed by atoms with Crippen LogP contribution in [-0.2, 0) is 14.8 Å². The summed E-state index contributed by atoms with van der Waals surface area (Å²) >= 11 is 0. The van der Waals surface area contributed by atoms with Gasteiger partial charge in [-0.15, -0.1) is 0 Å². The first-order valence-electron chi connectivity index (χ1n) is 8.98. The van der Waals surface area contributed by atoms with E-state index in [0.29, 0.717) is 56.4 Å². The molecule has 1 amide bonds. The predicted octanol–water partition coefficient (Wildman–Crippen LogP) is 1.77. The number of piperazine rings is 1. The molecule has 0 bridgehead atoms. The average Bonchev–Trinajstić information content (AvgIpc) is 2.65. The molecule has 6 nitrogen and oxygen atoms in total. The molecule has 0 aromatic heterocycles. The molecule has 1 aromatic carbocycles. The van der Waals surface area contributed by atoms with Gasteiger partial charge in [-0.3, -0.25) is 4.79 Å². The number of nitrogens with zero attached hydrogens (tertiary/aromatic N) is 2. The smallest absolute Gasteiger partial charge is 0.243 e. The van der Waals surface area contributed by atoms with Crippen LogP contribution in [0.4, 0.5) is 0 Å². The minimum absolute atomic E-state index is 0.0559. The first kappa shape index (κ1) is 19.9. The van der Waals surface area contributed by atoms with Gasteiger partial charge in [0.15, 0.2) is 0 Å². The number of carbonyl (C=O) groups excluding carboxylic acids is 1. The monoisotopic (exact) mass is 367 g/mol. The van der Waals surface area contributed by atoms with E-state index in [4.69, 9.17) is 5.73 Å². The third kappa shape index (κ3) is 4.80. The number of hydrogen-bond donors (Lipinski definition) is 1. The van der Waals surface area contributed by atoms with Crippen LogP contribution >= 0.6 is 0 Å². The topological polar surface area (TPSA) is 83.7 Å². The summed E-state index contributed by atoms with van der Waals surface area (Å²) in [6.45, 7) is 6.29. The third-order valence-electron chi connectivity index (χ3n) is 4.89. The zero-order valence-electron chi connectivity index (χ0n) is 15.1. The number of benzene rings is 1. The lowest BCUT2D eigenvalue weighted by Crippen LogP contribution is -2.50. The minimum atomic E-state index is -3.50. The molecule has 2 N–H and O–H groups in total. The molecule has 1 atom stereocenters. The molecule has 25 heavy (non-hydrogen) atoms. The molecule has 0 radical (unpaired) electrons. The summed E-state index contributed by atoms with van der Waals surface area (Å²) in [5.74, 6) is 0.472. The summed E-state index contributed by atoms with van der Waals surface area (Å²) in [6.07, 6.45) is 2.12. The van der Waals surface area contributed by atoms with Gasteiger partial charge in [-0.2, -0.15) is 4.31 Å². The molecule has 1 aromatic rings. The largest absolute Gasteiger partial charge is 0.340 e. The standard InChI is InChI=1S/C18H29N3O3S/c1-3-15(2)16-6-8-17(9-7-16)25(23,24)21-13-11-20(12-14-21)18(22)5-4-10-19/h6-9,15H,3-5,10-14,19H2,1-2H3. The SMILES string of the molecule is CCC(C)c1ccc(S(=O)(=O)N2CCN(C(=O)CCCN)CC2)cc1. The van der Waals surface area contributed by atoms with Crippen molar-refractivity contribution in [2.75, 3.05) is 32.7 Å². The first-order chi connectivity index (χ1) is 11.9. The quantitative estimate of drug-likeness (QED) is 0.796. The molecule has 140 valence electrons. The fourth-order valence-corrected chi connectivity index (χ4v) is 4.36. The van der Waals surface area contributed by atoms with Crippen molar-refractivity contribution >= 4 is 15.9 Å². The van der Waals surface area contributed by atoms with E-state index in [2.05, 4.69) is 13.8 Å². The van der Waals surface area contributed by atoms with Crippen LogP contribution in [0.25, 0.3) is 0 Å². The maximum absolute atomic E-state index is 12.8. The summed E-state index contributed by atoms with van der Waals surface area (Å²) in [7, 11) is -3.50. The van der Waals surface area contributed by atoms with Gasteiger partial charge < -0.3 is 10.6 Å². The summed E-state index contributed by atoms with van der Waals surface area (Å²) < 4.78 is 27.1. The predicted molar refractivity (Wildman–Crippen MR) is 98.8 cm³/mol. The Kier molecular flexibility index (Phi) is 6.98. The van der Waals surface area contributed by atoms with Gasteiger partial charge in [0.05, 0.1) is 4.90 Å². The zero-order valence-corrected chi connectivity index (χ0v) is 16.0. The van der Waals surface area contributed by atoms with E-state index in [1.165, 1.54) is 4.31 Å². The summed E-state index contributed by atoms with van der Waals surface area (Å²) in [5, 5.41) is 0. The van der Waals surface area contributed by atoms with E-state index in [9.17, 15) is 13.2 Å². The normalized spacial score (nSPS) is 17.5. The number of hydrogen-bond acceptors (Lipinski definition) is 4. The van der Waals surface area contributed by atoms with Crippen LogP contribution in [0.1, 0.15) is 44.6 Å². The van der Waals surface area contributed by atoms with E-state index < -0.39 is 10.0 Å². The highest BCUT2D eigenvalue weighted by atomic mass is 32.2. The number of carbonyl (C=O) groups is 1. The molecular weight excluding hydrogens is 338 g/mol. The lowest BCUT2D eigenvalue weighted by molar-refractivity contribution is -0.132. The molecule has 1 aliphatic rings. The number of nitrogens with two attached hydrogens (primary N) is 1. The van der Waals surface area contributed by atoms with Crippen LogP contribution in [0, 0.1) is 0 Å². The van der Waals surface area contributed by atoms with E-state index >= 15 is 0 Å². The van der Waals surface area contributed by atoms with Crippen molar-refractivity contribution in [2.45, 2.75) is 43.9 Å². The molecule has 1 unspecified atom stereocenters. The lowest BCUT2D eigenvalue weighted by Gasteiger charge is -2.34. The fraction of sp³-hybridized carbons (Fsp3) is 0.611. The molecule has 7 heteroatoms. The van der Waals surface area contributed by atoms with E-state index in [1.54, 1.807) is 17.0 Å². The highest BCUT2D eigenvalue weighted by Crippen LogP contribution is 2.23. The van der Waals surface area contributed by atoms with E-state index in [0.717, 1.165) is 12.0 Å². The molecule has 1 aliphatic heterocycles. The van der Waals surface area contributed by atoms with Gasteiger partial charge in [0.2, 0.25) is 15.9 Å². The van der Waals surface area contributed by atoms with Crippen LogP contribution in [0.5, 0.6) is 0 Å². The number of sulfonamides is 1. The van der Waals surface area contributed by atoms with Gasteiger partial charge in [-0.25, -0.2) is 8.42 Å². The third-order valence-corrected chi connectivity index (χ3v) is 6.80. The fourth-order valence-electron chi connectivity index (χ4n) is 2.94. The zero-order chi connectivity index (χ0) is 18.4. The van der Waals surface area contributed by atoms with Gasteiger partial charge >= 0.3 is 0 Å². The molecule has 1 saturated heterocycles. The number of rotatable bonds is 7. The highest BCUT2D eigenvalue weighted by molar-refractivity contribution is 7.89. The molecule has 0 spiro atoms. The molecule has 1 heterocycles. The summed E-state index contributed by atoms with van der Waals surface area (Å²) in [4.78, 5) is 14.1. The van der Waals surface area contributed by atoms with Crippen molar-refractivity contribution < 1.29 is 13.2 Å². The van der Waals surface area contributed by atoms with Crippen molar-refractivity contribution in [1.29, 1.82) is 0 Å². The first-order valence-corrected chi connectivity index (χ1v) is 10.4. The summed E-state index contributed by atoms with van der Waals surface area (Å²) in [5.41, 5.74) is 6.58. The van der Waals surface area contributed by atoms with Gasteiger partial charge in [0.25, 0.3) is 0 Å². The lowest BCUT2D eigenvalue weighted by atomic mass is 9.99. The van der Waals surface area contributed by atoms with Crippen LogP contribution in [0.15, 0.2) is 29.2 Å². The summed E-state index contributed by atoms with van der Waals surface area (Å²) in [6, 6.07) is 7.17. The van der Waals surface area contributed by atoms with Gasteiger partial charge in [-0.05, 0) is 43.0 Å². The Morgan fingerprint density at radius 2 is 1.76 bits per heavy atom. The highest BCUT2D eigenvalue weighted by Gasteiger charge is 2.29. The second-order valence-electron chi connectivity index (χ2n) is 6.56. The van der Waals surface area contributed by atoms with Crippen LogP contribution < -0.4 is 5.73 Å². The Balaban J connectivity index is 2.00. The van der Waals surface area contributed by atoms with Crippen molar-refractivity contribution in [2.24, 2.45) is 5.73 Å². The Morgan fingerprint density at radius 1 is 1.16 bits per heavy atom. The van der Waals surface area contributed by atoms with Gasteiger partial charge in [0.1, 0.15) is 0 Å². The van der Waals surface area contributed by atoms with Gasteiger partial charge in [-0.1, -0.05) is 26.0 Å². The maximum atomic E-state index is 12.8. The Bertz CT molecular complexity index is 665. The second-order valence-corrected chi connectivity index (χ2v) is 8.49. The molecular formula is C18H29N3O3S. The van der Waals surface area contributed by atoms with Gasteiger partial charge in [0, 0.05) is 32.6 Å². The molecule has 2 rings (SSSR count). The minimum Gasteiger partial charge on any atom is -0.340 e. The van der Waals surface area contributed by atoms with Crippen LogP contribution in [0.2, 0.25) is 0 Å². The van der Waals surface area contributed by atoms with Crippen molar-refractivity contribution in [3.8, 4) is 0 Å². The average molecular weight is 368 g/mol. The Morgan fingerprint density at radius 3 is 2.28 bits per heavy atom. The molecule has 1 fully saturated rings. The second kappa shape index (κ2) is 8.78. The van der Waals surface area contributed by atoms with E-state index in [-0.39, 0.29) is 5.91 Å². The maximum Gasteiger partial charge on any atom is 0.243 e. The van der Waals surface area contributed by atoms with Crippen LogP contribution in [-0.4, -0.2) is 56.3 Å². The van der Waals surface area contributed by atoms with Crippen molar-refractivity contribution in [3.63, 3.8) is 0 Å². The van der Waals surface area contributed by atoms with Crippen molar-refractivity contribution in [3.05, 3.63) is 29.8 Å². The molecule has 0 aliphatic carbocycles. The molecule has 0 saturated carbocycles. The number of amides is 1. The van der Waals surface area contributed by atoms with E-state index in [1.807, 2.05) is 12.1 Å². The Labute approximate surface area is 151 Å². The van der Waals surface area contributed by atoms with Crippen molar-refractivity contribution in [1.82, 2.24) is 9.21 Å². The Hall–Kier alpha value is -1.44. The van der Waals surface area contributed by atoms with Crippen LogP contribution in [0.3, 0.4) is 0 Å².